The Morgan fingerprint density at radius 3 is 2.53 bits per heavy atom. The van der Waals surface area contributed by atoms with Gasteiger partial charge in [-0.15, -0.1) is 0 Å². The zero-order valence-electron chi connectivity index (χ0n) is 18.8. The number of nitrogens with zero attached hydrogens (tertiary/aromatic N) is 4. The molecule has 2 aromatic rings. The molecule has 2 aliphatic heterocycles. The number of aromatic nitrogens is 1. The average Bonchev–Trinajstić information content (AvgIpc) is 2.83. The van der Waals surface area contributed by atoms with Crippen LogP contribution in [0, 0.1) is 6.92 Å². The first-order valence-electron chi connectivity index (χ1n) is 11.6. The molecule has 3 heterocycles. The number of piperazine rings is 1. The molecule has 0 aliphatic carbocycles. The van der Waals surface area contributed by atoms with Crippen molar-refractivity contribution in [2.45, 2.75) is 32.6 Å². The number of likely N-dealkylation sites (tertiary alicyclic amines) is 1. The first-order chi connectivity index (χ1) is 15.6. The zero-order chi connectivity index (χ0) is 22.3. The van der Waals surface area contributed by atoms with E-state index in [1.807, 2.05) is 31.2 Å². The summed E-state index contributed by atoms with van der Waals surface area (Å²) < 4.78 is 5.89. The maximum atomic E-state index is 12.8. The summed E-state index contributed by atoms with van der Waals surface area (Å²) in [5, 5.41) is 0. The molecule has 170 valence electrons. The molecule has 0 radical (unpaired) electrons. The van der Waals surface area contributed by atoms with Gasteiger partial charge in [0.15, 0.2) is 0 Å². The molecule has 0 bridgehead atoms. The van der Waals surface area contributed by atoms with E-state index in [4.69, 9.17) is 4.74 Å². The summed E-state index contributed by atoms with van der Waals surface area (Å²) in [4.78, 5) is 35.6. The van der Waals surface area contributed by atoms with E-state index in [0.717, 1.165) is 24.4 Å². The number of aryl methyl sites for hydroxylation is 1. The lowest BCUT2D eigenvalue weighted by molar-refractivity contribution is -0.120. The smallest absolute Gasteiger partial charge is 0.256 e. The van der Waals surface area contributed by atoms with E-state index >= 15 is 0 Å². The minimum absolute atomic E-state index is 0.0713. The Morgan fingerprint density at radius 2 is 1.81 bits per heavy atom. The van der Waals surface area contributed by atoms with E-state index in [1.165, 1.54) is 32.4 Å². The van der Waals surface area contributed by atoms with Gasteiger partial charge >= 0.3 is 0 Å². The Morgan fingerprint density at radius 1 is 1.03 bits per heavy atom. The van der Waals surface area contributed by atoms with Gasteiger partial charge in [-0.2, -0.15) is 0 Å². The Hall–Kier alpha value is -2.93. The van der Waals surface area contributed by atoms with Crippen LogP contribution in [0.25, 0.3) is 0 Å². The van der Waals surface area contributed by atoms with Crippen LogP contribution in [0.1, 0.15) is 41.7 Å². The van der Waals surface area contributed by atoms with Crippen molar-refractivity contribution in [3.63, 3.8) is 0 Å². The Labute approximate surface area is 190 Å². The molecular formula is C25H32N4O3. The molecule has 0 atom stereocenters. The number of hydrogen-bond donors (Lipinski definition) is 0. The molecule has 2 fully saturated rings. The number of anilines is 1. The van der Waals surface area contributed by atoms with Gasteiger partial charge in [0.1, 0.15) is 12.3 Å². The summed E-state index contributed by atoms with van der Waals surface area (Å²) >= 11 is 0. The minimum Gasteiger partial charge on any atom is -0.494 e. The number of rotatable bonds is 7. The lowest BCUT2D eigenvalue weighted by Gasteiger charge is -2.34. The van der Waals surface area contributed by atoms with E-state index in [0.29, 0.717) is 31.0 Å². The SMILES string of the molecule is Cc1ncccc1C(=O)N1CCN(c2ccc(OCCCN3CCCCC3)cc2)C(=O)C1. The van der Waals surface area contributed by atoms with Crippen molar-refractivity contribution in [2.75, 3.05) is 50.8 Å². The number of carbonyl (C=O) groups is 2. The molecule has 32 heavy (non-hydrogen) atoms. The maximum Gasteiger partial charge on any atom is 0.256 e. The standard InChI is InChI=1S/C25H32N4O3/c1-20-23(7-5-12-26-20)25(31)28-16-17-29(24(30)19-28)21-8-10-22(11-9-21)32-18-6-15-27-13-3-2-4-14-27/h5,7-12H,2-4,6,13-19H2,1H3. The summed E-state index contributed by atoms with van der Waals surface area (Å²) in [6, 6.07) is 11.2. The summed E-state index contributed by atoms with van der Waals surface area (Å²) in [7, 11) is 0. The average molecular weight is 437 g/mol. The third-order valence-electron chi connectivity index (χ3n) is 6.23. The van der Waals surface area contributed by atoms with Crippen LogP contribution < -0.4 is 9.64 Å². The van der Waals surface area contributed by atoms with Gasteiger partial charge in [0.05, 0.1) is 12.2 Å². The van der Waals surface area contributed by atoms with Gasteiger partial charge in [-0.1, -0.05) is 6.42 Å². The second kappa shape index (κ2) is 10.6. The summed E-state index contributed by atoms with van der Waals surface area (Å²) in [5.74, 6) is 0.596. The highest BCUT2D eigenvalue weighted by atomic mass is 16.5. The third-order valence-corrected chi connectivity index (χ3v) is 6.23. The van der Waals surface area contributed by atoms with Crippen molar-refractivity contribution in [3.8, 4) is 5.75 Å². The van der Waals surface area contributed by atoms with Crippen molar-refractivity contribution in [1.29, 1.82) is 0 Å². The molecule has 4 rings (SSSR count). The zero-order valence-corrected chi connectivity index (χ0v) is 18.8. The predicted molar refractivity (Wildman–Crippen MR) is 124 cm³/mol. The third kappa shape index (κ3) is 5.46. The van der Waals surface area contributed by atoms with E-state index in [-0.39, 0.29) is 18.4 Å². The molecule has 7 nitrogen and oxygen atoms in total. The van der Waals surface area contributed by atoms with Crippen LogP contribution in [0.4, 0.5) is 5.69 Å². The molecule has 2 saturated heterocycles. The van der Waals surface area contributed by atoms with E-state index in [9.17, 15) is 9.59 Å². The largest absolute Gasteiger partial charge is 0.494 e. The summed E-state index contributed by atoms with van der Waals surface area (Å²) in [6.07, 6.45) is 6.67. The number of ether oxygens (including phenoxy) is 1. The topological polar surface area (TPSA) is 66.0 Å². The normalized spacial score (nSPS) is 17.5. The first-order valence-corrected chi connectivity index (χ1v) is 11.6. The van der Waals surface area contributed by atoms with Gasteiger partial charge in [0.25, 0.3) is 5.91 Å². The fraction of sp³-hybridized carbons (Fsp3) is 0.480. The Bertz CT molecular complexity index is 925. The van der Waals surface area contributed by atoms with E-state index in [2.05, 4.69) is 9.88 Å². The van der Waals surface area contributed by atoms with E-state index in [1.54, 1.807) is 28.1 Å². The summed E-state index contributed by atoms with van der Waals surface area (Å²) in [6.45, 7) is 7.06. The molecule has 7 heteroatoms. The highest BCUT2D eigenvalue weighted by Gasteiger charge is 2.29. The molecule has 2 amide bonds. The Balaban J connectivity index is 1.26. The van der Waals surface area contributed by atoms with Crippen molar-refractivity contribution in [1.82, 2.24) is 14.8 Å². The van der Waals surface area contributed by atoms with Crippen LogP contribution >= 0.6 is 0 Å². The van der Waals surface area contributed by atoms with Crippen molar-refractivity contribution in [2.24, 2.45) is 0 Å². The first kappa shape index (κ1) is 22.3. The molecule has 0 saturated carbocycles. The van der Waals surface area contributed by atoms with Gasteiger partial charge in [0, 0.05) is 37.2 Å². The highest BCUT2D eigenvalue weighted by Crippen LogP contribution is 2.22. The fourth-order valence-corrected chi connectivity index (χ4v) is 4.38. The molecule has 1 aromatic heterocycles. The molecular weight excluding hydrogens is 404 g/mol. The van der Waals surface area contributed by atoms with Crippen LogP contribution in [0.3, 0.4) is 0 Å². The second-order valence-corrected chi connectivity index (χ2v) is 8.51. The maximum absolute atomic E-state index is 12.8. The molecule has 0 unspecified atom stereocenters. The minimum atomic E-state index is -0.142. The predicted octanol–water partition coefficient (Wildman–Crippen LogP) is 3.13. The second-order valence-electron chi connectivity index (χ2n) is 8.51. The quantitative estimate of drug-likeness (QED) is 0.624. The monoisotopic (exact) mass is 436 g/mol. The number of benzene rings is 1. The van der Waals surface area contributed by atoms with Gasteiger partial charge in [-0.3, -0.25) is 14.6 Å². The van der Waals surface area contributed by atoms with Crippen molar-refractivity contribution in [3.05, 3.63) is 53.9 Å². The van der Waals surface area contributed by atoms with Crippen LogP contribution in [-0.2, 0) is 4.79 Å². The van der Waals surface area contributed by atoms with Crippen LogP contribution in [0.15, 0.2) is 42.6 Å². The Kier molecular flexibility index (Phi) is 7.37. The number of piperidine rings is 1. The van der Waals surface area contributed by atoms with Crippen LogP contribution in [0.5, 0.6) is 5.75 Å². The van der Waals surface area contributed by atoms with Crippen LogP contribution in [0.2, 0.25) is 0 Å². The highest BCUT2D eigenvalue weighted by molar-refractivity contribution is 6.02. The molecule has 0 N–H and O–H groups in total. The van der Waals surface area contributed by atoms with Crippen molar-refractivity contribution < 1.29 is 14.3 Å². The van der Waals surface area contributed by atoms with Crippen molar-refractivity contribution >= 4 is 17.5 Å². The van der Waals surface area contributed by atoms with Gasteiger partial charge in [-0.25, -0.2) is 0 Å². The number of carbonyl (C=O) groups excluding carboxylic acids is 2. The molecule has 2 aliphatic rings. The molecule has 1 aromatic carbocycles. The van der Waals surface area contributed by atoms with Gasteiger partial charge in [0.2, 0.25) is 5.91 Å². The lowest BCUT2D eigenvalue weighted by atomic mass is 10.1. The molecule has 0 spiro atoms. The number of hydrogen-bond acceptors (Lipinski definition) is 5. The summed E-state index contributed by atoms with van der Waals surface area (Å²) in [5.41, 5.74) is 2.06. The van der Waals surface area contributed by atoms with Crippen LogP contribution in [-0.4, -0.2) is 72.5 Å². The fourth-order valence-electron chi connectivity index (χ4n) is 4.38. The number of pyridine rings is 1. The van der Waals surface area contributed by atoms with E-state index < -0.39 is 0 Å². The lowest BCUT2D eigenvalue weighted by Crippen LogP contribution is -2.52. The van der Waals surface area contributed by atoms with Gasteiger partial charge in [-0.05, 0) is 75.7 Å². The van der Waals surface area contributed by atoms with Gasteiger partial charge < -0.3 is 19.4 Å². The number of amides is 2.